The summed E-state index contributed by atoms with van der Waals surface area (Å²) in [4.78, 5) is 25.0. The Bertz CT molecular complexity index is 506. The van der Waals surface area contributed by atoms with Crippen LogP contribution in [0.1, 0.15) is 37.0 Å². The lowest BCUT2D eigenvalue weighted by Gasteiger charge is -2.19. The number of halogens is 1. The van der Waals surface area contributed by atoms with Gasteiger partial charge in [0.2, 0.25) is 5.91 Å². The SMILES string of the molecule is CCCCN(CC)CC(=O)Nc1cc(C(=O)O)ccc1Cl. The van der Waals surface area contributed by atoms with E-state index in [1.165, 1.54) is 18.2 Å². The highest BCUT2D eigenvalue weighted by atomic mass is 35.5. The molecule has 1 aromatic rings. The Hall–Kier alpha value is -1.59. The average Bonchev–Trinajstić information content (AvgIpc) is 2.45. The molecule has 2 N–H and O–H groups in total. The monoisotopic (exact) mass is 312 g/mol. The summed E-state index contributed by atoms with van der Waals surface area (Å²) in [6.07, 6.45) is 2.11. The summed E-state index contributed by atoms with van der Waals surface area (Å²) in [5.74, 6) is -1.25. The van der Waals surface area contributed by atoms with Gasteiger partial charge in [0.15, 0.2) is 0 Å². The van der Waals surface area contributed by atoms with Gasteiger partial charge in [0.05, 0.1) is 22.8 Å². The molecule has 0 heterocycles. The molecule has 0 saturated heterocycles. The van der Waals surface area contributed by atoms with Crippen LogP contribution in [0.4, 0.5) is 5.69 Å². The number of carbonyl (C=O) groups is 2. The smallest absolute Gasteiger partial charge is 0.335 e. The topological polar surface area (TPSA) is 69.6 Å². The minimum absolute atomic E-state index is 0.0908. The van der Waals surface area contributed by atoms with E-state index in [9.17, 15) is 9.59 Å². The molecule has 1 aromatic carbocycles. The fraction of sp³-hybridized carbons (Fsp3) is 0.467. The molecule has 0 aromatic heterocycles. The summed E-state index contributed by atoms with van der Waals surface area (Å²) in [7, 11) is 0. The molecule has 0 fully saturated rings. The number of unbranched alkanes of at least 4 members (excludes halogenated alkanes) is 1. The van der Waals surface area contributed by atoms with E-state index >= 15 is 0 Å². The predicted molar refractivity (Wildman–Crippen MR) is 84.1 cm³/mol. The normalized spacial score (nSPS) is 10.7. The van der Waals surface area contributed by atoms with Crippen LogP contribution in [0.25, 0.3) is 0 Å². The first-order valence-corrected chi connectivity index (χ1v) is 7.40. The van der Waals surface area contributed by atoms with Crippen molar-refractivity contribution in [2.45, 2.75) is 26.7 Å². The summed E-state index contributed by atoms with van der Waals surface area (Å²) in [5, 5.41) is 11.9. The van der Waals surface area contributed by atoms with Crippen LogP contribution in [0.3, 0.4) is 0 Å². The van der Waals surface area contributed by atoms with Gasteiger partial charge in [-0.1, -0.05) is 31.9 Å². The number of amides is 1. The third-order valence-corrected chi connectivity index (χ3v) is 3.46. The third kappa shape index (κ3) is 5.73. The third-order valence-electron chi connectivity index (χ3n) is 3.13. The molecule has 6 heteroatoms. The van der Waals surface area contributed by atoms with Crippen molar-refractivity contribution in [3.63, 3.8) is 0 Å². The van der Waals surface area contributed by atoms with Gasteiger partial charge in [-0.2, -0.15) is 0 Å². The molecule has 0 spiro atoms. The number of carboxylic acid groups (broad SMARTS) is 1. The van der Waals surface area contributed by atoms with Gasteiger partial charge >= 0.3 is 5.97 Å². The Morgan fingerprint density at radius 1 is 1.33 bits per heavy atom. The Morgan fingerprint density at radius 2 is 2.05 bits per heavy atom. The number of rotatable bonds is 8. The van der Waals surface area contributed by atoms with Crippen molar-refractivity contribution in [1.29, 1.82) is 0 Å². The summed E-state index contributed by atoms with van der Waals surface area (Å²) < 4.78 is 0. The minimum atomic E-state index is -1.06. The van der Waals surface area contributed by atoms with Crippen LogP contribution >= 0.6 is 11.6 Å². The van der Waals surface area contributed by atoms with Gasteiger partial charge in [-0.25, -0.2) is 4.79 Å². The Labute approximate surface area is 129 Å². The van der Waals surface area contributed by atoms with E-state index in [4.69, 9.17) is 16.7 Å². The van der Waals surface area contributed by atoms with Crippen molar-refractivity contribution in [2.75, 3.05) is 25.0 Å². The molecule has 116 valence electrons. The highest BCUT2D eigenvalue weighted by Gasteiger charge is 2.12. The fourth-order valence-electron chi connectivity index (χ4n) is 1.88. The fourth-order valence-corrected chi connectivity index (χ4v) is 2.04. The van der Waals surface area contributed by atoms with Crippen molar-refractivity contribution in [2.24, 2.45) is 0 Å². The van der Waals surface area contributed by atoms with Crippen LogP contribution in [0.15, 0.2) is 18.2 Å². The van der Waals surface area contributed by atoms with Crippen molar-refractivity contribution >= 4 is 29.2 Å². The average molecular weight is 313 g/mol. The van der Waals surface area contributed by atoms with E-state index in [1.54, 1.807) is 0 Å². The first-order chi connectivity index (χ1) is 9.97. The number of carbonyl (C=O) groups excluding carboxylic acids is 1. The number of hydrogen-bond acceptors (Lipinski definition) is 3. The van der Waals surface area contributed by atoms with Gasteiger partial charge < -0.3 is 10.4 Å². The summed E-state index contributed by atoms with van der Waals surface area (Å²) in [6.45, 7) is 6.02. The number of nitrogens with zero attached hydrogens (tertiary/aromatic N) is 1. The van der Waals surface area contributed by atoms with Gasteiger partial charge in [-0.3, -0.25) is 9.69 Å². The lowest BCUT2D eigenvalue weighted by molar-refractivity contribution is -0.117. The van der Waals surface area contributed by atoms with Crippen molar-refractivity contribution in [1.82, 2.24) is 4.90 Å². The lowest BCUT2D eigenvalue weighted by Crippen LogP contribution is -2.33. The van der Waals surface area contributed by atoms with Crippen LogP contribution in [0.5, 0.6) is 0 Å². The molecule has 0 aliphatic rings. The van der Waals surface area contributed by atoms with E-state index in [-0.39, 0.29) is 18.0 Å². The zero-order valence-electron chi connectivity index (χ0n) is 12.4. The molecule has 21 heavy (non-hydrogen) atoms. The van der Waals surface area contributed by atoms with Crippen molar-refractivity contribution < 1.29 is 14.7 Å². The second kappa shape index (κ2) is 8.64. The van der Waals surface area contributed by atoms with E-state index in [0.29, 0.717) is 10.7 Å². The molecule has 0 atom stereocenters. The molecule has 5 nitrogen and oxygen atoms in total. The Balaban J connectivity index is 2.69. The standard InChI is InChI=1S/C15H21ClN2O3/c1-3-5-8-18(4-2)10-14(19)17-13-9-11(15(20)21)6-7-12(13)16/h6-7,9H,3-5,8,10H2,1-2H3,(H,17,19)(H,20,21). The molecule has 0 aliphatic carbocycles. The molecule has 0 radical (unpaired) electrons. The maximum Gasteiger partial charge on any atom is 0.335 e. The van der Waals surface area contributed by atoms with Crippen LogP contribution in [-0.4, -0.2) is 41.5 Å². The second-order valence-electron chi connectivity index (χ2n) is 4.77. The van der Waals surface area contributed by atoms with E-state index < -0.39 is 5.97 Å². The maximum absolute atomic E-state index is 12.0. The van der Waals surface area contributed by atoms with E-state index in [2.05, 4.69) is 12.2 Å². The number of hydrogen-bond donors (Lipinski definition) is 2. The van der Waals surface area contributed by atoms with Gasteiger partial charge in [0.25, 0.3) is 0 Å². The van der Waals surface area contributed by atoms with Gasteiger partial charge in [0.1, 0.15) is 0 Å². The Kier molecular flexibility index (Phi) is 7.19. The molecule has 0 unspecified atom stereocenters. The summed E-state index contributed by atoms with van der Waals surface area (Å²) >= 11 is 5.98. The summed E-state index contributed by atoms with van der Waals surface area (Å²) in [5.41, 5.74) is 0.418. The molecular formula is C15H21ClN2O3. The predicted octanol–water partition coefficient (Wildman–Crippen LogP) is 3.10. The number of anilines is 1. The number of aromatic carboxylic acids is 1. The zero-order chi connectivity index (χ0) is 15.8. The summed E-state index contributed by atoms with van der Waals surface area (Å²) in [6, 6.07) is 4.24. The lowest BCUT2D eigenvalue weighted by atomic mass is 10.2. The molecule has 0 aliphatic heterocycles. The minimum Gasteiger partial charge on any atom is -0.478 e. The molecule has 1 amide bonds. The Morgan fingerprint density at radius 3 is 2.62 bits per heavy atom. The first kappa shape index (κ1) is 17.5. The number of carboxylic acids is 1. The largest absolute Gasteiger partial charge is 0.478 e. The van der Waals surface area contributed by atoms with Crippen molar-refractivity contribution in [3.05, 3.63) is 28.8 Å². The second-order valence-corrected chi connectivity index (χ2v) is 5.18. The highest BCUT2D eigenvalue weighted by Crippen LogP contribution is 2.23. The van der Waals surface area contributed by atoms with Crippen LogP contribution in [0.2, 0.25) is 5.02 Å². The number of likely N-dealkylation sites (N-methyl/N-ethyl adjacent to an activating group) is 1. The number of nitrogens with one attached hydrogen (secondary N) is 1. The van der Waals surface area contributed by atoms with Crippen LogP contribution in [-0.2, 0) is 4.79 Å². The van der Waals surface area contributed by atoms with Crippen LogP contribution < -0.4 is 5.32 Å². The molecule has 0 bridgehead atoms. The van der Waals surface area contributed by atoms with E-state index in [1.807, 2.05) is 11.8 Å². The molecule has 1 rings (SSSR count). The van der Waals surface area contributed by atoms with Gasteiger partial charge in [-0.15, -0.1) is 0 Å². The maximum atomic E-state index is 12.0. The van der Waals surface area contributed by atoms with Gasteiger partial charge in [-0.05, 0) is 37.7 Å². The highest BCUT2D eigenvalue weighted by molar-refractivity contribution is 6.33. The first-order valence-electron chi connectivity index (χ1n) is 7.03. The van der Waals surface area contributed by atoms with Crippen molar-refractivity contribution in [3.8, 4) is 0 Å². The quantitative estimate of drug-likeness (QED) is 0.774. The van der Waals surface area contributed by atoms with E-state index in [0.717, 1.165) is 25.9 Å². The molecular weight excluding hydrogens is 292 g/mol. The number of benzene rings is 1. The molecule has 0 saturated carbocycles. The zero-order valence-corrected chi connectivity index (χ0v) is 13.1. The van der Waals surface area contributed by atoms with Crippen LogP contribution in [0, 0.1) is 0 Å². The van der Waals surface area contributed by atoms with Gasteiger partial charge in [0, 0.05) is 0 Å².